The number of carbonyl (C=O) groups is 2. The summed E-state index contributed by atoms with van der Waals surface area (Å²) < 4.78 is 1.31. The van der Waals surface area contributed by atoms with Gasteiger partial charge in [0.25, 0.3) is 0 Å². The van der Waals surface area contributed by atoms with Crippen LogP contribution < -0.4 is 0 Å². The topological polar surface area (TPSA) is 59.3 Å². The summed E-state index contributed by atoms with van der Waals surface area (Å²) in [6.07, 6.45) is 4.01. The van der Waals surface area contributed by atoms with Crippen LogP contribution in [0.2, 0.25) is 0 Å². The van der Waals surface area contributed by atoms with Gasteiger partial charge in [0.2, 0.25) is 5.91 Å². The molecule has 0 aliphatic carbocycles. The zero-order valence-corrected chi connectivity index (χ0v) is 7.36. The average molecular weight is 181 g/mol. The van der Waals surface area contributed by atoms with Crippen LogP contribution in [0.1, 0.15) is 34.9 Å². The molecule has 0 saturated carbocycles. The fraction of sp³-hybridized carbons (Fsp3) is 0.333. The van der Waals surface area contributed by atoms with Crippen molar-refractivity contribution in [3.63, 3.8) is 0 Å². The van der Waals surface area contributed by atoms with Gasteiger partial charge in [0.15, 0.2) is 0 Å². The molecule has 0 bridgehead atoms. The van der Waals surface area contributed by atoms with Crippen LogP contribution in [-0.2, 0) is 0 Å². The monoisotopic (exact) mass is 181 g/mol. The summed E-state index contributed by atoms with van der Waals surface area (Å²) in [6, 6.07) is 1.41. The van der Waals surface area contributed by atoms with Crippen LogP contribution in [0.3, 0.4) is 0 Å². The molecule has 0 saturated heterocycles. The van der Waals surface area contributed by atoms with E-state index in [0.29, 0.717) is 6.42 Å². The lowest BCUT2D eigenvalue weighted by atomic mass is 10.3. The molecule has 0 unspecified atom stereocenters. The summed E-state index contributed by atoms with van der Waals surface area (Å²) in [6.45, 7) is 1.90. The van der Waals surface area contributed by atoms with Crippen LogP contribution in [0.25, 0.3) is 0 Å². The quantitative estimate of drug-likeness (QED) is 0.770. The van der Waals surface area contributed by atoms with Crippen molar-refractivity contribution in [2.75, 3.05) is 0 Å². The summed E-state index contributed by atoms with van der Waals surface area (Å²) in [5, 5.41) is 8.59. The van der Waals surface area contributed by atoms with Crippen LogP contribution in [0.15, 0.2) is 18.5 Å². The molecular weight excluding hydrogens is 170 g/mol. The molecule has 0 aliphatic heterocycles. The molecule has 1 N–H and O–H groups in total. The Morgan fingerprint density at radius 1 is 1.54 bits per heavy atom. The molecule has 4 heteroatoms. The number of nitrogens with zero attached hydrogens (tertiary/aromatic N) is 1. The second-order valence-electron chi connectivity index (χ2n) is 2.76. The van der Waals surface area contributed by atoms with Gasteiger partial charge < -0.3 is 5.11 Å². The highest BCUT2D eigenvalue weighted by Gasteiger charge is 2.08. The van der Waals surface area contributed by atoms with Crippen molar-refractivity contribution in [3.05, 3.63) is 24.0 Å². The van der Waals surface area contributed by atoms with Gasteiger partial charge in [-0.15, -0.1) is 0 Å². The Morgan fingerprint density at radius 3 is 2.69 bits per heavy atom. The molecule has 0 atom stereocenters. The van der Waals surface area contributed by atoms with E-state index in [2.05, 4.69) is 0 Å². The maximum Gasteiger partial charge on any atom is 0.337 e. The van der Waals surface area contributed by atoms with Gasteiger partial charge in [-0.2, -0.15) is 0 Å². The Balaban J connectivity index is 2.79. The van der Waals surface area contributed by atoms with Gasteiger partial charge in [0, 0.05) is 18.8 Å². The van der Waals surface area contributed by atoms with Crippen molar-refractivity contribution in [1.82, 2.24) is 4.57 Å². The molecule has 1 heterocycles. The lowest BCUT2D eigenvalue weighted by Crippen LogP contribution is -2.07. The first kappa shape index (κ1) is 9.51. The fourth-order valence-electron chi connectivity index (χ4n) is 1.02. The third-order valence-electron chi connectivity index (χ3n) is 1.69. The van der Waals surface area contributed by atoms with E-state index in [1.54, 1.807) is 0 Å². The van der Waals surface area contributed by atoms with Gasteiger partial charge in [0.1, 0.15) is 0 Å². The minimum atomic E-state index is -1.01. The lowest BCUT2D eigenvalue weighted by molar-refractivity contribution is 0.0697. The number of hydrogen-bond donors (Lipinski definition) is 1. The third-order valence-corrected chi connectivity index (χ3v) is 1.69. The average Bonchev–Trinajstić information content (AvgIpc) is 2.52. The maximum atomic E-state index is 11.3. The summed E-state index contributed by atoms with van der Waals surface area (Å²) in [5.74, 6) is -1.09. The number of hydrogen-bond acceptors (Lipinski definition) is 2. The number of carboxylic acids is 1. The van der Waals surface area contributed by atoms with E-state index < -0.39 is 5.97 Å². The van der Waals surface area contributed by atoms with E-state index >= 15 is 0 Å². The maximum absolute atomic E-state index is 11.3. The Bertz CT molecular complexity index is 327. The molecule has 13 heavy (non-hydrogen) atoms. The van der Waals surface area contributed by atoms with Gasteiger partial charge in [-0.25, -0.2) is 4.79 Å². The summed E-state index contributed by atoms with van der Waals surface area (Å²) in [7, 11) is 0. The molecule has 1 aromatic heterocycles. The number of aromatic nitrogens is 1. The largest absolute Gasteiger partial charge is 0.478 e. The van der Waals surface area contributed by atoms with Crippen LogP contribution in [0, 0.1) is 0 Å². The molecular formula is C9H11NO3. The molecule has 0 radical (unpaired) electrons. The minimum Gasteiger partial charge on any atom is -0.478 e. The highest BCUT2D eigenvalue weighted by molar-refractivity contribution is 5.89. The molecule has 0 spiro atoms. The van der Waals surface area contributed by atoms with E-state index in [1.807, 2.05) is 6.92 Å². The second-order valence-corrected chi connectivity index (χ2v) is 2.76. The van der Waals surface area contributed by atoms with Gasteiger partial charge in [-0.05, 0) is 12.5 Å². The Morgan fingerprint density at radius 2 is 2.23 bits per heavy atom. The zero-order valence-electron chi connectivity index (χ0n) is 7.36. The standard InChI is InChI=1S/C9H11NO3/c1-2-3-8(11)10-5-4-7(6-10)9(12)13/h4-6H,2-3H2,1H3,(H,12,13). The van der Waals surface area contributed by atoms with Gasteiger partial charge in [-0.3, -0.25) is 9.36 Å². The van der Waals surface area contributed by atoms with Crippen molar-refractivity contribution < 1.29 is 14.7 Å². The first-order valence-corrected chi connectivity index (χ1v) is 4.09. The number of carbonyl (C=O) groups excluding carboxylic acids is 1. The predicted molar refractivity (Wildman–Crippen MR) is 46.9 cm³/mol. The first-order valence-electron chi connectivity index (χ1n) is 4.09. The molecule has 1 aromatic rings. The highest BCUT2D eigenvalue weighted by Crippen LogP contribution is 2.03. The predicted octanol–water partition coefficient (Wildman–Crippen LogP) is 1.63. The van der Waals surface area contributed by atoms with Gasteiger partial charge in [0.05, 0.1) is 5.56 Å². The molecule has 70 valence electrons. The number of rotatable bonds is 3. The van der Waals surface area contributed by atoms with Crippen LogP contribution in [0.5, 0.6) is 0 Å². The van der Waals surface area contributed by atoms with Gasteiger partial charge >= 0.3 is 5.97 Å². The van der Waals surface area contributed by atoms with E-state index in [4.69, 9.17) is 5.11 Å². The van der Waals surface area contributed by atoms with Crippen LogP contribution >= 0.6 is 0 Å². The zero-order chi connectivity index (χ0) is 9.84. The molecule has 0 amide bonds. The molecule has 0 fully saturated rings. The molecule has 0 aromatic carbocycles. The lowest BCUT2D eigenvalue weighted by Gasteiger charge is -1.97. The second kappa shape index (κ2) is 3.89. The third kappa shape index (κ3) is 2.18. The SMILES string of the molecule is CCCC(=O)n1ccc(C(=O)O)c1. The highest BCUT2D eigenvalue weighted by atomic mass is 16.4. The Kier molecular flexibility index (Phi) is 2.84. The molecule has 1 rings (SSSR count). The normalized spacial score (nSPS) is 9.92. The number of carboxylic acid groups (broad SMARTS) is 1. The van der Waals surface area contributed by atoms with Crippen molar-refractivity contribution in [3.8, 4) is 0 Å². The summed E-state index contributed by atoms with van der Waals surface area (Å²) >= 11 is 0. The first-order chi connectivity index (χ1) is 6.15. The van der Waals surface area contributed by atoms with Crippen LogP contribution in [-0.4, -0.2) is 21.6 Å². The summed E-state index contributed by atoms with van der Waals surface area (Å²) in [4.78, 5) is 21.7. The molecule has 0 aliphatic rings. The number of aromatic carboxylic acids is 1. The van der Waals surface area contributed by atoms with Crippen molar-refractivity contribution in [2.24, 2.45) is 0 Å². The smallest absolute Gasteiger partial charge is 0.337 e. The fourth-order valence-corrected chi connectivity index (χ4v) is 1.02. The molecule has 4 nitrogen and oxygen atoms in total. The van der Waals surface area contributed by atoms with Crippen LogP contribution in [0.4, 0.5) is 0 Å². The van der Waals surface area contributed by atoms with E-state index in [9.17, 15) is 9.59 Å². The van der Waals surface area contributed by atoms with E-state index in [0.717, 1.165) is 6.42 Å². The van der Waals surface area contributed by atoms with Crippen molar-refractivity contribution >= 4 is 11.9 Å². The summed E-state index contributed by atoms with van der Waals surface area (Å²) in [5.41, 5.74) is 0.143. The van der Waals surface area contributed by atoms with Gasteiger partial charge in [-0.1, -0.05) is 6.92 Å². The van der Waals surface area contributed by atoms with Crippen molar-refractivity contribution in [1.29, 1.82) is 0 Å². The Labute approximate surface area is 75.8 Å². The Hall–Kier alpha value is -1.58. The van der Waals surface area contributed by atoms with E-state index in [-0.39, 0.29) is 11.5 Å². The minimum absolute atomic E-state index is 0.0741. The van der Waals surface area contributed by atoms with Crippen molar-refractivity contribution in [2.45, 2.75) is 19.8 Å². The van der Waals surface area contributed by atoms with E-state index in [1.165, 1.54) is 23.0 Å².